The number of aromatic nitrogens is 2. The second-order valence-corrected chi connectivity index (χ2v) is 6.77. The third kappa shape index (κ3) is 3.51. The van der Waals surface area contributed by atoms with Gasteiger partial charge in [0.05, 0.1) is 44.3 Å². The zero-order chi connectivity index (χ0) is 17.3. The van der Waals surface area contributed by atoms with Crippen LogP contribution < -0.4 is 4.74 Å². The van der Waals surface area contributed by atoms with Crippen molar-refractivity contribution in [3.05, 3.63) is 42.2 Å². The molecule has 25 heavy (non-hydrogen) atoms. The lowest BCUT2D eigenvalue weighted by molar-refractivity contribution is -0.193. The van der Waals surface area contributed by atoms with Crippen molar-refractivity contribution in [2.24, 2.45) is 0 Å². The Morgan fingerprint density at radius 1 is 1.44 bits per heavy atom. The van der Waals surface area contributed by atoms with Crippen molar-refractivity contribution in [2.75, 3.05) is 19.7 Å². The number of likely N-dealkylation sites (tertiary alicyclic amines) is 1. The number of carbonyl (C=O) groups excluding carboxylic acids is 1. The van der Waals surface area contributed by atoms with Gasteiger partial charge in [0.25, 0.3) is 0 Å². The van der Waals surface area contributed by atoms with E-state index in [1.54, 1.807) is 24.7 Å². The summed E-state index contributed by atoms with van der Waals surface area (Å²) < 4.78 is 17.2. The van der Waals surface area contributed by atoms with E-state index in [2.05, 4.69) is 9.97 Å². The van der Waals surface area contributed by atoms with Crippen LogP contribution in [0.25, 0.3) is 0 Å². The predicted molar refractivity (Wildman–Crippen MR) is 88.1 cm³/mol. The molecular formula is C18H21N3O4. The van der Waals surface area contributed by atoms with Crippen molar-refractivity contribution in [1.82, 2.24) is 14.9 Å². The first-order valence-electron chi connectivity index (χ1n) is 8.51. The van der Waals surface area contributed by atoms with Crippen molar-refractivity contribution in [3.63, 3.8) is 0 Å². The van der Waals surface area contributed by atoms with E-state index in [4.69, 9.17) is 13.9 Å². The maximum absolute atomic E-state index is 12.3. The maximum Gasteiger partial charge on any atom is 0.232 e. The van der Waals surface area contributed by atoms with Crippen molar-refractivity contribution < 1.29 is 18.7 Å². The van der Waals surface area contributed by atoms with Gasteiger partial charge in [-0.2, -0.15) is 0 Å². The van der Waals surface area contributed by atoms with E-state index < -0.39 is 0 Å². The van der Waals surface area contributed by atoms with Crippen LogP contribution in [0.15, 0.2) is 35.2 Å². The van der Waals surface area contributed by atoms with Crippen LogP contribution >= 0.6 is 0 Å². The molecule has 7 heteroatoms. The molecule has 2 aliphatic rings. The van der Waals surface area contributed by atoms with Crippen LogP contribution in [-0.2, 0) is 16.0 Å². The number of hydrogen-bond donors (Lipinski definition) is 0. The van der Waals surface area contributed by atoms with Crippen LogP contribution in [0.1, 0.15) is 24.3 Å². The minimum atomic E-state index is -0.293. The average Bonchev–Trinajstić information content (AvgIpc) is 3.05. The van der Waals surface area contributed by atoms with Crippen molar-refractivity contribution in [3.8, 4) is 5.88 Å². The Morgan fingerprint density at radius 3 is 3.08 bits per heavy atom. The third-order valence-corrected chi connectivity index (χ3v) is 4.68. The lowest BCUT2D eigenvalue weighted by Crippen LogP contribution is -2.67. The van der Waals surface area contributed by atoms with Crippen LogP contribution in [0.4, 0.5) is 0 Å². The van der Waals surface area contributed by atoms with Crippen LogP contribution in [0.2, 0.25) is 0 Å². The van der Waals surface area contributed by atoms with Gasteiger partial charge in [-0.1, -0.05) is 0 Å². The summed E-state index contributed by atoms with van der Waals surface area (Å²) in [6.07, 6.45) is 6.82. The highest BCUT2D eigenvalue weighted by atomic mass is 16.5. The summed E-state index contributed by atoms with van der Waals surface area (Å²) in [5.74, 6) is 1.30. The number of ether oxygens (including phenoxy) is 2. The third-order valence-electron chi connectivity index (χ3n) is 4.68. The first-order valence-corrected chi connectivity index (χ1v) is 8.51. The molecule has 2 aromatic heterocycles. The van der Waals surface area contributed by atoms with Crippen LogP contribution in [0.3, 0.4) is 0 Å². The summed E-state index contributed by atoms with van der Waals surface area (Å²) in [7, 11) is 0. The Labute approximate surface area is 146 Å². The number of amides is 1. The number of rotatable bonds is 4. The second kappa shape index (κ2) is 6.48. The Kier molecular flexibility index (Phi) is 4.17. The number of aryl methyl sites for hydroxylation is 1. The zero-order valence-electron chi connectivity index (χ0n) is 14.2. The molecule has 0 aromatic carbocycles. The van der Waals surface area contributed by atoms with Crippen molar-refractivity contribution in [1.29, 1.82) is 0 Å². The van der Waals surface area contributed by atoms with Gasteiger partial charge < -0.3 is 18.8 Å². The minimum absolute atomic E-state index is 0.0344. The van der Waals surface area contributed by atoms with Crippen LogP contribution in [0.5, 0.6) is 5.88 Å². The van der Waals surface area contributed by atoms with Crippen molar-refractivity contribution >= 4 is 5.91 Å². The molecule has 2 aromatic rings. The van der Waals surface area contributed by atoms with E-state index in [0.29, 0.717) is 37.8 Å². The number of furan rings is 1. The number of nitrogens with zero attached hydrogens (tertiary/aromatic N) is 3. The number of carbonyl (C=O) groups is 1. The Morgan fingerprint density at radius 2 is 2.32 bits per heavy atom. The van der Waals surface area contributed by atoms with E-state index in [1.807, 2.05) is 17.9 Å². The second-order valence-electron chi connectivity index (χ2n) is 6.77. The molecule has 1 atom stereocenters. The van der Waals surface area contributed by atoms with E-state index in [9.17, 15) is 4.79 Å². The predicted octanol–water partition coefficient (Wildman–Crippen LogP) is 1.76. The molecule has 2 aliphatic heterocycles. The molecule has 132 valence electrons. The fraction of sp³-hybridized carbons (Fsp3) is 0.500. The summed E-state index contributed by atoms with van der Waals surface area (Å²) in [5.41, 5.74) is 0.538. The van der Waals surface area contributed by atoms with E-state index in [-0.39, 0.29) is 17.6 Å². The summed E-state index contributed by atoms with van der Waals surface area (Å²) in [4.78, 5) is 22.6. The molecule has 0 bridgehead atoms. The van der Waals surface area contributed by atoms with E-state index in [0.717, 1.165) is 18.5 Å². The Hall–Kier alpha value is -2.41. The molecule has 0 unspecified atom stereocenters. The fourth-order valence-corrected chi connectivity index (χ4v) is 3.47. The minimum Gasteiger partial charge on any atom is -0.473 e. The SMILES string of the molecule is Cc1cncc(O[C@@H]2CCOC3(C2)CN(C(=O)Cc2ccco2)C3)n1. The summed E-state index contributed by atoms with van der Waals surface area (Å²) in [6, 6.07) is 3.61. The van der Waals surface area contributed by atoms with Gasteiger partial charge in [0.15, 0.2) is 0 Å². The average molecular weight is 343 g/mol. The summed E-state index contributed by atoms with van der Waals surface area (Å²) >= 11 is 0. The molecular weight excluding hydrogens is 322 g/mol. The van der Waals surface area contributed by atoms with Gasteiger partial charge in [-0.25, -0.2) is 4.98 Å². The number of hydrogen-bond acceptors (Lipinski definition) is 6. The molecule has 4 heterocycles. The lowest BCUT2D eigenvalue weighted by atomic mass is 9.84. The zero-order valence-corrected chi connectivity index (χ0v) is 14.2. The van der Waals surface area contributed by atoms with Gasteiger partial charge in [-0.05, 0) is 19.1 Å². The standard InChI is InChI=1S/C18H21N3O4/c1-13-9-19-10-16(20-13)25-15-4-6-24-18(8-15)11-21(12-18)17(22)7-14-3-2-5-23-14/h2-3,5,9-10,15H,4,6-8,11-12H2,1H3/t15-/m1/s1. The largest absolute Gasteiger partial charge is 0.473 e. The first kappa shape index (κ1) is 16.1. The molecule has 2 saturated heterocycles. The quantitative estimate of drug-likeness (QED) is 0.842. The highest BCUT2D eigenvalue weighted by Gasteiger charge is 2.49. The summed E-state index contributed by atoms with van der Waals surface area (Å²) in [6.45, 7) is 3.72. The van der Waals surface area contributed by atoms with Crippen molar-refractivity contribution in [2.45, 2.75) is 37.9 Å². The van der Waals surface area contributed by atoms with E-state index >= 15 is 0 Å². The monoisotopic (exact) mass is 343 g/mol. The molecule has 1 amide bonds. The highest BCUT2D eigenvalue weighted by Crippen LogP contribution is 2.35. The molecule has 7 nitrogen and oxygen atoms in total. The van der Waals surface area contributed by atoms with Gasteiger partial charge in [0, 0.05) is 19.0 Å². The van der Waals surface area contributed by atoms with Gasteiger partial charge in [0.2, 0.25) is 11.8 Å². The molecule has 0 saturated carbocycles. The Bertz CT molecular complexity index is 741. The lowest BCUT2D eigenvalue weighted by Gasteiger charge is -2.52. The first-order chi connectivity index (χ1) is 12.1. The molecule has 2 fully saturated rings. The van der Waals surface area contributed by atoms with Gasteiger partial charge in [0.1, 0.15) is 17.5 Å². The molecule has 4 rings (SSSR count). The molecule has 0 aliphatic carbocycles. The molecule has 1 spiro atoms. The van der Waals surface area contributed by atoms with Gasteiger partial charge in [-0.3, -0.25) is 9.78 Å². The summed E-state index contributed by atoms with van der Waals surface area (Å²) in [5, 5.41) is 0. The van der Waals surface area contributed by atoms with Crippen LogP contribution in [0, 0.1) is 6.92 Å². The fourth-order valence-electron chi connectivity index (χ4n) is 3.47. The molecule has 0 radical (unpaired) electrons. The van der Waals surface area contributed by atoms with Gasteiger partial charge in [-0.15, -0.1) is 0 Å². The topological polar surface area (TPSA) is 77.7 Å². The smallest absolute Gasteiger partial charge is 0.232 e. The van der Waals surface area contributed by atoms with Crippen LogP contribution in [-0.4, -0.2) is 52.2 Å². The van der Waals surface area contributed by atoms with E-state index in [1.165, 1.54) is 0 Å². The normalized spacial score (nSPS) is 21.8. The molecule has 0 N–H and O–H groups in total. The highest BCUT2D eigenvalue weighted by molar-refractivity contribution is 5.79. The Balaban J connectivity index is 1.32. The maximum atomic E-state index is 12.3. The van der Waals surface area contributed by atoms with Gasteiger partial charge >= 0.3 is 0 Å².